The average molecular weight is 323 g/mol. The van der Waals surface area contributed by atoms with Crippen molar-refractivity contribution < 1.29 is 4.74 Å². The summed E-state index contributed by atoms with van der Waals surface area (Å²) in [6, 6.07) is 11.9. The molecular formula is C18H21N5O. The zero-order chi connectivity index (χ0) is 16.4. The fourth-order valence-electron chi connectivity index (χ4n) is 3.44. The number of likely N-dealkylation sites (tertiary alicyclic amines) is 1. The maximum Gasteiger partial charge on any atom is 0.213 e. The minimum Gasteiger partial charge on any atom is -0.481 e. The highest BCUT2D eigenvalue weighted by Gasteiger charge is 2.25. The molecule has 1 aliphatic heterocycles. The first kappa shape index (κ1) is 15.1. The van der Waals surface area contributed by atoms with E-state index in [0.29, 0.717) is 11.8 Å². The molecule has 0 N–H and O–H groups in total. The van der Waals surface area contributed by atoms with Crippen molar-refractivity contribution in [3.8, 4) is 5.88 Å². The highest BCUT2D eigenvalue weighted by atomic mass is 16.5. The minimum absolute atomic E-state index is 0.404. The number of methoxy groups -OCH3 is 1. The van der Waals surface area contributed by atoms with Crippen molar-refractivity contribution in [2.45, 2.75) is 25.3 Å². The van der Waals surface area contributed by atoms with Gasteiger partial charge in [-0.2, -0.15) is 0 Å². The zero-order valence-corrected chi connectivity index (χ0v) is 13.8. The Morgan fingerprint density at radius 1 is 1.17 bits per heavy atom. The molecule has 1 aliphatic rings. The van der Waals surface area contributed by atoms with Gasteiger partial charge in [0.15, 0.2) is 5.65 Å². The molecule has 0 aliphatic carbocycles. The number of nitrogens with zero attached hydrogens (tertiary/aromatic N) is 5. The Balaban J connectivity index is 1.51. The van der Waals surface area contributed by atoms with Gasteiger partial charge in [0.05, 0.1) is 12.8 Å². The fourth-order valence-corrected chi connectivity index (χ4v) is 3.44. The fraction of sp³-hybridized carbons (Fsp3) is 0.389. The van der Waals surface area contributed by atoms with Crippen LogP contribution in [0.5, 0.6) is 5.88 Å². The molecule has 1 atom stereocenters. The molecule has 1 fully saturated rings. The molecule has 0 radical (unpaired) electrons. The molecule has 1 saturated heterocycles. The number of pyridine rings is 2. The van der Waals surface area contributed by atoms with E-state index in [0.717, 1.165) is 49.6 Å². The van der Waals surface area contributed by atoms with Crippen LogP contribution in [-0.2, 0) is 6.54 Å². The predicted molar refractivity (Wildman–Crippen MR) is 91.0 cm³/mol. The second-order valence-corrected chi connectivity index (χ2v) is 6.23. The van der Waals surface area contributed by atoms with Crippen LogP contribution in [0.1, 0.15) is 30.3 Å². The van der Waals surface area contributed by atoms with Gasteiger partial charge in [-0.05, 0) is 37.6 Å². The Hall–Kier alpha value is -2.47. The molecule has 3 aromatic heterocycles. The summed E-state index contributed by atoms with van der Waals surface area (Å²) in [5.74, 6) is 2.14. The summed E-state index contributed by atoms with van der Waals surface area (Å²) in [6.07, 6.45) is 4.36. The molecule has 4 heterocycles. The van der Waals surface area contributed by atoms with Crippen molar-refractivity contribution in [2.24, 2.45) is 0 Å². The minimum atomic E-state index is 0.404. The zero-order valence-electron chi connectivity index (χ0n) is 13.8. The van der Waals surface area contributed by atoms with Crippen LogP contribution in [0.25, 0.3) is 5.65 Å². The first-order valence-electron chi connectivity index (χ1n) is 8.35. The Bertz CT molecular complexity index is 831. The average Bonchev–Trinajstić information content (AvgIpc) is 3.06. The number of hydrogen-bond donors (Lipinski definition) is 0. The Labute approximate surface area is 141 Å². The highest BCUT2D eigenvalue weighted by molar-refractivity contribution is 5.37. The molecule has 6 nitrogen and oxygen atoms in total. The summed E-state index contributed by atoms with van der Waals surface area (Å²) < 4.78 is 7.33. The van der Waals surface area contributed by atoms with Crippen LogP contribution in [-0.4, -0.2) is 44.7 Å². The normalized spacial score (nSPS) is 18.8. The van der Waals surface area contributed by atoms with Gasteiger partial charge in [-0.1, -0.05) is 12.1 Å². The van der Waals surface area contributed by atoms with Gasteiger partial charge in [0.25, 0.3) is 0 Å². The van der Waals surface area contributed by atoms with Gasteiger partial charge < -0.3 is 4.74 Å². The van der Waals surface area contributed by atoms with Gasteiger partial charge in [0, 0.05) is 31.3 Å². The third-order valence-electron chi connectivity index (χ3n) is 4.59. The molecule has 0 amide bonds. The van der Waals surface area contributed by atoms with Crippen LogP contribution in [0.3, 0.4) is 0 Å². The van der Waals surface area contributed by atoms with E-state index in [1.54, 1.807) is 7.11 Å². The van der Waals surface area contributed by atoms with Gasteiger partial charge in [-0.3, -0.25) is 9.30 Å². The molecule has 24 heavy (non-hydrogen) atoms. The van der Waals surface area contributed by atoms with Crippen molar-refractivity contribution in [1.82, 2.24) is 24.5 Å². The first-order chi connectivity index (χ1) is 11.8. The molecule has 0 bridgehead atoms. The number of hydrogen-bond acceptors (Lipinski definition) is 5. The van der Waals surface area contributed by atoms with Crippen molar-refractivity contribution in [3.05, 3.63) is 54.1 Å². The summed E-state index contributed by atoms with van der Waals surface area (Å²) in [5, 5.41) is 8.73. The van der Waals surface area contributed by atoms with Crippen molar-refractivity contribution in [1.29, 1.82) is 0 Å². The van der Waals surface area contributed by atoms with Crippen LogP contribution in [0.2, 0.25) is 0 Å². The lowest BCUT2D eigenvalue weighted by atomic mass is 9.97. The van der Waals surface area contributed by atoms with Gasteiger partial charge >= 0.3 is 0 Å². The largest absolute Gasteiger partial charge is 0.481 e. The lowest BCUT2D eigenvalue weighted by Crippen LogP contribution is -2.34. The Morgan fingerprint density at radius 2 is 2.12 bits per heavy atom. The second kappa shape index (κ2) is 6.57. The standard InChI is InChI=1S/C18H21N5O/c1-24-17-9-4-7-15(19-17)13-22-10-5-6-14(12-22)18-21-20-16-8-2-3-11-23(16)18/h2-4,7-9,11,14H,5-6,10,12-13H2,1H3. The smallest absolute Gasteiger partial charge is 0.213 e. The Morgan fingerprint density at radius 3 is 3.04 bits per heavy atom. The lowest BCUT2D eigenvalue weighted by Gasteiger charge is -2.31. The van der Waals surface area contributed by atoms with E-state index in [4.69, 9.17) is 4.74 Å². The van der Waals surface area contributed by atoms with Gasteiger partial charge in [-0.25, -0.2) is 4.98 Å². The Kier molecular flexibility index (Phi) is 4.13. The second-order valence-electron chi connectivity index (χ2n) is 6.23. The number of rotatable bonds is 4. The summed E-state index contributed by atoms with van der Waals surface area (Å²) in [6.45, 7) is 2.91. The van der Waals surface area contributed by atoms with Crippen LogP contribution in [0.4, 0.5) is 0 Å². The van der Waals surface area contributed by atoms with Crippen LogP contribution in [0.15, 0.2) is 42.6 Å². The monoisotopic (exact) mass is 323 g/mol. The van der Waals surface area contributed by atoms with E-state index in [-0.39, 0.29) is 0 Å². The molecule has 124 valence electrons. The predicted octanol–water partition coefficient (Wildman–Crippen LogP) is 2.51. The van der Waals surface area contributed by atoms with E-state index >= 15 is 0 Å². The molecule has 4 rings (SSSR count). The molecule has 3 aromatic rings. The number of aromatic nitrogens is 4. The summed E-state index contributed by atoms with van der Waals surface area (Å²) in [7, 11) is 1.65. The molecule has 0 aromatic carbocycles. The van der Waals surface area contributed by atoms with E-state index in [2.05, 4.69) is 30.5 Å². The summed E-state index contributed by atoms with van der Waals surface area (Å²) in [4.78, 5) is 6.97. The number of piperidine rings is 1. The highest BCUT2D eigenvalue weighted by Crippen LogP contribution is 2.27. The van der Waals surface area contributed by atoms with Crippen LogP contribution >= 0.6 is 0 Å². The molecule has 1 unspecified atom stereocenters. The third kappa shape index (κ3) is 2.97. The SMILES string of the molecule is COc1cccc(CN2CCCC(c3nnc4ccccn34)C2)n1. The lowest BCUT2D eigenvalue weighted by molar-refractivity contribution is 0.193. The maximum atomic E-state index is 5.22. The third-order valence-corrected chi connectivity index (χ3v) is 4.59. The summed E-state index contributed by atoms with van der Waals surface area (Å²) in [5.41, 5.74) is 1.96. The number of fused-ring (bicyclic) bond motifs is 1. The van der Waals surface area contributed by atoms with Gasteiger partial charge in [0.1, 0.15) is 5.82 Å². The van der Waals surface area contributed by atoms with Crippen molar-refractivity contribution in [3.63, 3.8) is 0 Å². The topological polar surface area (TPSA) is 55.5 Å². The molecule has 6 heteroatoms. The van der Waals surface area contributed by atoms with Crippen molar-refractivity contribution >= 4 is 5.65 Å². The summed E-state index contributed by atoms with van der Waals surface area (Å²) >= 11 is 0. The van der Waals surface area contributed by atoms with E-state index in [1.165, 1.54) is 0 Å². The quantitative estimate of drug-likeness (QED) is 0.738. The number of ether oxygens (including phenoxy) is 1. The van der Waals surface area contributed by atoms with Crippen molar-refractivity contribution in [2.75, 3.05) is 20.2 Å². The van der Waals surface area contributed by atoms with Gasteiger partial charge in [-0.15, -0.1) is 10.2 Å². The van der Waals surface area contributed by atoms with E-state index in [9.17, 15) is 0 Å². The molecule has 0 spiro atoms. The van der Waals surface area contributed by atoms with Crippen LogP contribution in [0, 0.1) is 0 Å². The molecular weight excluding hydrogens is 302 g/mol. The van der Waals surface area contributed by atoms with Gasteiger partial charge in [0.2, 0.25) is 5.88 Å². The maximum absolute atomic E-state index is 5.22. The van der Waals surface area contributed by atoms with E-state index in [1.807, 2.05) is 36.5 Å². The van der Waals surface area contributed by atoms with E-state index < -0.39 is 0 Å². The molecule has 0 saturated carbocycles. The first-order valence-corrected chi connectivity index (χ1v) is 8.35. The van der Waals surface area contributed by atoms with Crippen LogP contribution < -0.4 is 4.74 Å².